The maximum Gasteiger partial charge on any atom is 0.151 e. The molecule has 8 heterocycles. The third-order valence-electron chi connectivity index (χ3n) is 14.0. The van der Waals surface area contributed by atoms with Gasteiger partial charge < -0.3 is 9.13 Å². The Labute approximate surface area is 409 Å². The zero-order valence-electron chi connectivity index (χ0n) is 40.2. The molecular weight excluding hydrogens is 873 g/mol. The number of hydrogen-bond acceptors (Lipinski definition) is 8. The summed E-state index contributed by atoms with van der Waals surface area (Å²) in [5, 5.41) is 4.35. The van der Waals surface area contributed by atoms with E-state index < -0.39 is 0 Å². The Morgan fingerprint density at radius 1 is 0.338 bits per heavy atom. The first-order valence-corrected chi connectivity index (χ1v) is 27.6. The molecule has 8 aromatic heterocycles. The minimum absolute atomic E-state index is 0.913. The average molecular weight is 939 g/mol. The Kier molecular flexibility index (Phi) is 15.1. The van der Waals surface area contributed by atoms with Crippen LogP contribution in [0, 0.1) is 0 Å². The predicted octanol–water partition coefficient (Wildman–Crippen LogP) is 17.5. The number of unbranched alkanes of at least 4 members (excludes halogenated alkanes) is 18. The maximum absolute atomic E-state index is 5.52. The first-order valence-electron chi connectivity index (χ1n) is 26.0. The second-order valence-electron chi connectivity index (χ2n) is 18.9. The highest BCUT2D eigenvalue weighted by molar-refractivity contribution is 7.25. The van der Waals surface area contributed by atoms with E-state index in [4.69, 9.17) is 29.9 Å². The Bertz CT molecular complexity index is 3050. The van der Waals surface area contributed by atoms with E-state index in [-0.39, 0.29) is 0 Å². The van der Waals surface area contributed by atoms with Crippen molar-refractivity contribution in [3.05, 3.63) is 97.6 Å². The van der Waals surface area contributed by atoms with Crippen LogP contribution in [0.25, 0.3) is 96.8 Å². The molecule has 0 radical (unpaired) electrons. The summed E-state index contributed by atoms with van der Waals surface area (Å²) >= 11 is 3.68. The summed E-state index contributed by atoms with van der Waals surface area (Å²) in [6, 6.07) is 26.1. The van der Waals surface area contributed by atoms with E-state index in [2.05, 4.69) is 83.6 Å². The van der Waals surface area contributed by atoms with Gasteiger partial charge in [0, 0.05) is 69.2 Å². The van der Waals surface area contributed by atoms with Crippen molar-refractivity contribution in [2.45, 2.75) is 155 Å². The first kappa shape index (κ1) is 46.2. The molecule has 0 amide bonds. The highest BCUT2D eigenvalue weighted by atomic mass is 32.1. The molecule has 0 bridgehead atoms. The first-order chi connectivity index (χ1) is 33.7. The van der Waals surface area contributed by atoms with Crippen molar-refractivity contribution in [2.75, 3.05) is 0 Å². The van der Waals surface area contributed by atoms with Crippen LogP contribution in [0.1, 0.15) is 142 Å². The predicted molar refractivity (Wildman–Crippen MR) is 290 cm³/mol. The Morgan fingerprint density at radius 2 is 0.647 bits per heavy atom. The molecule has 0 unspecified atom stereocenters. The number of aromatic nitrogens is 8. The summed E-state index contributed by atoms with van der Waals surface area (Å²) in [4.78, 5) is 35.3. The molecule has 0 aliphatic carbocycles. The molecule has 350 valence electrons. The summed E-state index contributed by atoms with van der Waals surface area (Å²) in [5.41, 5.74) is 8.06. The van der Waals surface area contributed by atoms with Crippen molar-refractivity contribution >= 4 is 88.4 Å². The lowest BCUT2D eigenvalue weighted by molar-refractivity contribution is 0.539. The van der Waals surface area contributed by atoms with E-state index >= 15 is 0 Å². The zero-order valence-corrected chi connectivity index (χ0v) is 41.8. The average Bonchev–Trinajstić information content (AvgIpc) is 4.21. The van der Waals surface area contributed by atoms with Crippen molar-refractivity contribution in [2.24, 2.45) is 0 Å². The third-order valence-corrected chi connectivity index (χ3v) is 16.4. The van der Waals surface area contributed by atoms with Crippen molar-refractivity contribution in [3.8, 4) is 31.2 Å². The summed E-state index contributed by atoms with van der Waals surface area (Å²) in [5.74, 6) is 2.06. The van der Waals surface area contributed by atoms with Gasteiger partial charge in [0.15, 0.2) is 11.6 Å². The third kappa shape index (κ3) is 9.68. The van der Waals surface area contributed by atoms with Gasteiger partial charge in [-0.1, -0.05) is 129 Å². The smallest absolute Gasteiger partial charge is 0.151 e. The monoisotopic (exact) mass is 938 g/mol. The molecule has 10 aromatic rings. The maximum atomic E-state index is 5.52. The minimum atomic E-state index is 0.913. The van der Waals surface area contributed by atoms with E-state index in [0.29, 0.717) is 0 Å². The Hall–Kier alpha value is -5.58. The lowest BCUT2D eigenvalue weighted by Crippen LogP contribution is -2.01. The van der Waals surface area contributed by atoms with Gasteiger partial charge in [0.2, 0.25) is 0 Å². The number of rotatable bonds is 25. The number of thiophene rings is 2. The Morgan fingerprint density at radius 3 is 1.01 bits per heavy atom. The zero-order chi connectivity index (χ0) is 46.1. The summed E-state index contributed by atoms with van der Waals surface area (Å²) in [6.07, 6.45) is 33.7. The van der Waals surface area contributed by atoms with E-state index in [0.717, 1.165) is 92.2 Å². The highest BCUT2D eigenvalue weighted by Crippen LogP contribution is 2.44. The molecule has 0 aliphatic heterocycles. The van der Waals surface area contributed by atoms with Gasteiger partial charge in [-0.3, -0.25) is 19.9 Å². The highest BCUT2D eigenvalue weighted by Gasteiger charge is 2.24. The van der Waals surface area contributed by atoms with Crippen molar-refractivity contribution in [3.63, 3.8) is 0 Å². The van der Waals surface area contributed by atoms with Crippen LogP contribution in [0.4, 0.5) is 0 Å². The topological polar surface area (TPSA) is 87.2 Å². The van der Waals surface area contributed by atoms with E-state index in [9.17, 15) is 0 Å². The largest absolute Gasteiger partial charge is 0.323 e. The summed E-state index contributed by atoms with van der Waals surface area (Å²) in [6.45, 7) is 6.42. The fourth-order valence-corrected chi connectivity index (χ4v) is 12.6. The molecule has 0 saturated heterocycles. The molecule has 8 nitrogen and oxygen atoms in total. The van der Waals surface area contributed by atoms with Crippen LogP contribution in [0.15, 0.2) is 97.6 Å². The van der Waals surface area contributed by atoms with E-state index in [1.54, 1.807) is 0 Å². The van der Waals surface area contributed by atoms with Crippen LogP contribution >= 0.6 is 22.7 Å². The van der Waals surface area contributed by atoms with Gasteiger partial charge in [-0.05, 0) is 85.6 Å². The molecule has 0 aliphatic rings. The number of pyridine rings is 4. The molecule has 0 N–H and O–H groups in total. The number of aryl methyl sites for hydroxylation is 2. The molecule has 0 fully saturated rings. The second kappa shape index (κ2) is 22.2. The van der Waals surface area contributed by atoms with Gasteiger partial charge in [-0.15, -0.1) is 22.7 Å². The van der Waals surface area contributed by atoms with E-state index in [1.165, 1.54) is 146 Å². The SMILES string of the molecule is CCCCCCCCCCCCn1c(-c2ccc(-c3ccc(-c4nc5c6cccnc6c6ncccc6c5n4CCCCCCCCCCCC)s3)s2)nc2c3cccnc3c3ncccc3c21. The van der Waals surface area contributed by atoms with Crippen LogP contribution in [0.5, 0.6) is 0 Å². The van der Waals surface area contributed by atoms with Gasteiger partial charge in [0.05, 0.1) is 53.9 Å². The summed E-state index contributed by atoms with van der Waals surface area (Å²) < 4.78 is 5.00. The van der Waals surface area contributed by atoms with Gasteiger partial charge >= 0.3 is 0 Å². The fourth-order valence-electron chi connectivity index (χ4n) is 10.5. The lowest BCUT2D eigenvalue weighted by Gasteiger charge is -2.11. The summed E-state index contributed by atoms with van der Waals surface area (Å²) in [7, 11) is 0. The van der Waals surface area contributed by atoms with Crippen molar-refractivity contribution in [1.29, 1.82) is 0 Å². The lowest BCUT2D eigenvalue weighted by atomic mass is 10.1. The molecule has 0 atom stereocenters. The molecule has 10 rings (SSSR count). The number of nitrogens with zero attached hydrogens (tertiary/aromatic N) is 8. The molecule has 68 heavy (non-hydrogen) atoms. The number of hydrogen-bond donors (Lipinski definition) is 0. The van der Waals surface area contributed by atoms with Crippen LogP contribution in [0.2, 0.25) is 0 Å². The van der Waals surface area contributed by atoms with Gasteiger partial charge in [0.1, 0.15) is 0 Å². The molecule has 2 aromatic carbocycles. The molecular formula is C58H66N8S2. The minimum Gasteiger partial charge on any atom is -0.323 e. The van der Waals surface area contributed by atoms with Crippen molar-refractivity contribution < 1.29 is 0 Å². The Balaban J connectivity index is 0.960. The molecule has 0 spiro atoms. The second-order valence-corrected chi connectivity index (χ2v) is 21.0. The number of imidazole rings is 2. The number of benzene rings is 2. The standard InChI is InChI=1S/C58H66N8S2/c1-3-5-7-9-11-13-15-17-19-21-39-65-55-43-29-25-37-61-51(43)49-41(27-23-35-59-49)53(55)63-57(65)47-33-31-45(67-47)46-32-34-48(68-46)58-64-54-42-28-24-36-60-50(42)52-44(30-26-38-62-52)56(54)66(58)40-22-20-18-16-14-12-10-8-6-4-2/h23-38H,3-22,39-40H2,1-2H3. The fraction of sp³-hybridized carbons (Fsp3) is 0.414. The van der Waals surface area contributed by atoms with E-state index in [1.807, 2.05) is 59.6 Å². The van der Waals surface area contributed by atoms with Crippen LogP contribution in [-0.2, 0) is 13.1 Å². The molecule has 0 saturated carbocycles. The van der Waals surface area contributed by atoms with Crippen LogP contribution in [0.3, 0.4) is 0 Å². The number of fused-ring (bicyclic) bond motifs is 12. The van der Waals surface area contributed by atoms with Crippen molar-refractivity contribution in [1.82, 2.24) is 39.0 Å². The quantitative estimate of drug-likeness (QED) is 0.0419. The van der Waals surface area contributed by atoms with Gasteiger partial charge in [-0.25, -0.2) is 9.97 Å². The van der Waals surface area contributed by atoms with Gasteiger partial charge in [-0.2, -0.15) is 0 Å². The van der Waals surface area contributed by atoms with Crippen LogP contribution in [-0.4, -0.2) is 39.0 Å². The van der Waals surface area contributed by atoms with Gasteiger partial charge in [0.25, 0.3) is 0 Å². The molecule has 10 heteroatoms. The normalized spacial score (nSPS) is 12.1. The van der Waals surface area contributed by atoms with Crippen LogP contribution < -0.4 is 0 Å².